The van der Waals surface area contributed by atoms with Gasteiger partial charge >= 0.3 is 0 Å². The van der Waals surface area contributed by atoms with E-state index in [9.17, 15) is 4.79 Å². The standard InChI is InChI=1S/C16H24ClN3O/c1-3-7-19-10-12-4-5-13(17)9-14(12)20-8-6-16(2,11-20)15(18)21/h4-5,9,19H,3,6-8,10-11H2,1-2H3,(H2,18,21). The van der Waals surface area contributed by atoms with Crippen molar-refractivity contribution < 1.29 is 4.79 Å². The Kier molecular flexibility index (Phi) is 5.12. The van der Waals surface area contributed by atoms with Gasteiger partial charge in [0.2, 0.25) is 5.91 Å². The van der Waals surface area contributed by atoms with Gasteiger partial charge in [0.15, 0.2) is 0 Å². The molecule has 0 spiro atoms. The number of carbonyl (C=O) groups is 1. The van der Waals surface area contributed by atoms with Crippen LogP contribution in [0.3, 0.4) is 0 Å². The maximum Gasteiger partial charge on any atom is 0.225 e. The number of halogens is 1. The zero-order chi connectivity index (χ0) is 15.5. The number of rotatable bonds is 6. The second-order valence-electron chi connectivity index (χ2n) is 6.05. The Morgan fingerprint density at radius 3 is 2.90 bits per heavy atom. The fraction of sp³-hybridized carbons (Fsp3) is 0.562. The van der Waals surface area contributed by atoms with Gasteiger partial charge in [0.25, 0.3) is 0 Å². The van der Waals surface area contributed by atoms with E-state index in [1.807, 2.05) is 19.1 Å². The van der Waals surface area contributed by atoms with Crippen molar-refractivity contribution in [3.8, 4) is 0 Å². The Bertz CT molecular complexity index is 520. The Labute approximate surface area is 131 Å². The maximum absolute atomic E-state index is 11.6. The number of nitrogens with one attached hydrogen (secondary N) is 1. The number of hydrogen-bond acceptors (Lipinski definition) is 3. The van der Waals surface area contributed by atoms with Crippen LogP contribution in [0.2, 0.25) is 5.02 Å². The topological polar surface area (TPSA) is 58.4 Å². The summed E-state index contributed by atoms with van der Waals surface area (Å²) < 4.78 is 0. The van der Waals surface area contributed by atoms with Crippen LogP contribution in [0.15, 0.2) is 18.2 Å². The van der Waals surface area contributed by atoms with Crippen LogP contribution in [0.1, 0.15) is 32.3 Å². The van der Waals surface area contributed by atoms with Crippen LogP contribution in [0.4, 0.5) is 5.69 Å². The smallest absolute Gasteiger partial charge is 0.225 e. The van der Waals surface area contributed by atoms with Crippen LogP contribution in [-0.2, 0) is 11.3 Å². The summed E-state index contributed by atoms with van der Waals surface area (Å²) in [7, 11) is 0. The first kappa shape index (κ1) is 16.1. The first-order chi connectivity index (χ1) is 9.96. The molecule has 3 N–H and O–H groups in total. The Morgan fingerprint density at radius 1 is 1.52 bits per heavy atom. The predicted molar refractivity (Wildman–Crippen MR) is 87.6 cm³/mol. The van der Waals surface area contributed by atoms with E-state index in [1.165, 1.54) is 5.56 Å². The number of anilines is 1. The molecule has 116 valence electrons. The molecule has 1 aromatic carbocycles. The molecule has 0 aromatic heterocycles. The van der Waals surface area contributed by atoms with Crippen molar-refractivity contribution in [2.24, 2.45) is 11.1 Å². The average Bonchev–Trinajstić information content (AvgIpc) is 2.84. The van der Waals surface area contributed by atoms with Gasteiger partial charge in [-0.1, -0.05) is 24.6 Å². The monoisotopic (exact) mass is 309 g/mol. The molecule has 0 radical (unpaired) electrons. The molecule has 1 heterocycles. The van der Waals surface area contributed by atoms with Gasteiger partial charge in [0.05, 0.1) is 5.41 Å². The van der Waals surface area contributed by atoms with E-state index in [4.69, 9.17) is 17.3 Å². The summed E-state index contributed by atoms with van der Waals surface area (Å²) in [6.07, 6.45) is 1.89. The van der Waals surface area contributed by atoms with Gasteiger partial charge in [0.1, 0.15) is 0 Å². The van der Waals surface area contributed by atoms with Crippen molar-refractivity contribution in [1.82, 2.24) is 5.32 Å². The third-order valence-electron chi connectivity index (χ3n) is 4.20. The summed E-state index contributed by atoms with van der Waals surface area (Å²) in [5.74, 6) is -0.224. The highest BCUT2D eigenvalue weighted by atomic mass is 35.5. The van der Waals surface area contributed by atoms with Crippen LogP contribution < -0.4 is 16.0 Å². The SMILES string of the molecule is CCCNCc1ccc(Cl)cc1N1CCC(C)(C(N)=O)C1. The first-order valence-corrected chi connectivity index (χ1v) is 7.88. The van der Waals surface area contributed by atoms with Crippen LogP contribution in [0.5, 0.6) is 0 Å². The van der Waals surface area contributed by atoms with Crippen molar-refractivity contribution in [2.75, 3.05) is 24.5 Å². The summed E-state index contributed by atoms with van der Waals surface area (Å²) in [5.41, 5.74) is 7.40. The summed E-state index contributed by atoms with van der Waals surface area (Å²) in [6, 6.07) is 5.95. The molecule has 1 unspecified atom stereocenters. The zero-order valence-electron chi connectivity index (χ0n) is 12.8. The molecular weight excluding hydrogens is 286 g/mol. The second kappa shape index (κ2) is 6.67. The number of carbonyl (C=O) groups excluding carboxylic acids is 1. The van der Waals surface area contributed by atoms with Crippen molar-refractivity contribution in [2.45, 2.75) is 33.2 Å². The molecule has 1 amide bonds. The van der Waals surface area contributed by atoms with Crippen molar-refractivity contribution in [3.63, 3.8) is 0 Å². The Hall–Kier alpha value is -1.26. The zero-order valence-corrected chi connectivity index (χ0v) is 13.5. The number of primary amides is 1. The number of amides is 1. The van der Waals surface area contributed by atoms with Gasteiger partial charge in [0, 0.05) is 30.3 Å². The molecule has 1 aromatic rings. The molecular formula is C16H24ClN3O. The molecule has 1 saturated heterocycles. The lowest BCUT2D eigenvalue weighted by molar-refractivity contribution is -0.125. The van der Waals surface area contributed by atoms with E-state index in [0.717, 1.165) is 43.2 Å². The lowest BCUT2D eigenvalue weighted by Crippen LogP contribution is -2.37. The van der Waals surface area contributed by atoms with Gasteiger partial charge in [-0.15, -0.1) is 0 Å². The van der Waals surface area contributed by atoms with Gasteiger partial charge in [-0.25, -0.2) is 0 Å². The van der Waals surface area contributed by atoms with Crippen molar-refractivity contribution in [3.05, 3.63) is 28.8 Å². The Balaban J connectivity index is 2.19. The molecule has 1 fully saturated rings. The molecule has 4 nitrogen and oxygen atoms in total. The molecule has 0 bridgehead atoms. The van der Waals surface area contributed by atoms with Gasteiger partial charge in [-0.05, 0) is 44.0 Å². The highest BCUT2D eigenvalue weighted by molar-refractivity contribution is 6.30. The lowest BCUT2D eigenvalue weighted by Gasteiger charge is -2.25. The normalized spacial score (nSPS) is 21.8. The molecule has 1 aliphatic rings. The maximum atomic E-state index is 11.6. The fourth-order valence-electron chi connectivity index (χ4n) is 2.75. The molecule has 0 aliphatic carbocycles. The van der Waals surface area contributed by atoms with Crippen LogP contribution >= 0.6 is 11.6 Å². The van der Waals surface area contributed by atoms with Gasteiger partial charge in [-0.2, -0.15) is 0 Å². The van der Waals surface area contributed by atoms with E-state index in [-0.39, 0.29) is 5.91 Å². The summed E-state index contributed by atoms with van der Waals surface area (Å²) >= 11 is 6.15. The highest BCUT2D eigenvalue weighted by Gasteiger charge is 2.39. The summed E-state index contributed by atoms with van der Waals surface area (Å²) in [5, 5.41) is 4.14. The summed E-state index contributed by atoms with van der Waals surface area (Å²) in [6.45, 7) is 7.37. The number of benzene rings is 1. The van der Waals surface area contributed by atoms with Gasteiger partial charge in [-0.3, -0.25) is 4.79 Å². The molecule has 0 saturated carbocycles. The largest absolute Gasteiger partial charge is 0.370 e. The Morgan fingerprint density at radius 2 is 2.29 bits per heavy atom. The van der Waals surface area contributed by atoms with E-state index in [2.05, 4.69) is 23.2 Å². The van der Waals surface area contributed by atoms with Crippen LogP contribution in [0, 0.1) is 5.41 Å². The molecule has 2 rings (SSSR count). The minimum atomic E-state index is -0.448. The molecule has 5 heteroatoms. The van der Waals surface area contributed by atoms with Crippen LogP contribution in [0.25, 0.3) is 0 Å². The number of nitrogens with two attached hydrogens (primary N) is 1. The van der Waals surface area contributed by atoms with Crippen molar-refractivity contribution >= 4 is 23.2 Å². The van der Waals surface area contributed by atoms with Crippen LogP contribution in [-0.4, -0.2) is 25.5 Å². The molecule has 1 aliphatic heterocycles. The minimum absolute atomic E-state index is 0.224. The first-order valence-electron chi connectivity index (χ1n) is 7.50. The van der Waals surface area contributed by atoms with E-state index < -0.39 is 5.41 Å². The van der Waals surface area contributed by atoms with Gasteiger partial charge < -0.3 is 16.0 Å². The van der Waals surface area contributed by atoms with E-state index in [0.29, 0.717) is 6.54 Å². The molecule has 21 heavy (non-hydrogen) atoms. The minimum Gasteiger partial charge on any atom is -0.370 e. The molecule has 1 atom stereocenters. The van der Waals surface area contributed by atoms with E-state index in [1.54, 1.807) is 0 Å². The third-order valence-corrected chi connectivity index (χ3v) is 4.43. The predicted octanol–water partition coefficient (Wildman–Crippen LogP) is 2.54. The average molecular weight is 310 g/mol. The quantitative estimate of drug-likeness (QED) is 0.794. The lowest BCUT2D eigenvalue weighted by atomic mass is 9.89. The van der Waals surface area contributed by atoms with E-state index >= 15 is 0 Å². The second-order valence-corrected chi connectivity index (χ2v) is 6.48. The highest BCUT2D eigenvalue weighted by Crippen LogP contribution is 2.35. The summed E-state index contributed by atoms with van der Waals surface area (Å²) in [4.78, 5) is 13.8. The number of nitrogens with zero attached hydrogens (tertiary/aromatic N) is 1. The van der Waals surface area contributed by atoms with Crippen molar-refractivity contribution in [1.29, 1.82) is 0 Å². The third kappa shape index (κ3) is 3.69. The number of hydrogen-bond donors (Lipinski definition) is 2. The fourth-order valence-corrected chi connectivity index (χ4v) is 2.91.